The number of pyridine rings is 1. The highest BCUT2D eigenvalue weighted by Crippen LogP contribution is 2.37. The van der Waals surface area contributed by atoms with Gasteiger partial charge in [-0.2, -0.15) is 0 Å². The molecule has 0 saturated carbocycles. The van der Waals surface area contributed by atoms with Crippen LogP contribution in [-0.4, -0.2) is 41.7 Å². The Morgan fingerprint density at radius 2 is 1.80 bits per heavy atom. The van der Waals surface area contributed by atoms with Crippen molar-refractivity contribution in [3.8, 4) is 12.8 Å². The highest BCUT2D eigenvalue weighted by molar-refractivity contribution is 9.10. The lowest BCUT2D eigenvalue weighted by molar-refractivity contribution is 0.195. The Morgan fingerprint density at radius 1 is 1.20 bits per heavy atom. The second kappa shape index (κ2) is 14.6. The first-order valence-electron chi connectivity index (χ1n) is 9.92. The predicted molar refractivity (Wildman–Crippen MR) is 134 cm³/mol. The smallest absolute Gasteiger partial charge is 0.173 e. The van der Waals surface area contributed by atoms with E-state index in [0.29, 0.717) is 5.62 Å². The van der Waals surface area contributed by atoms with Gasteiger partial charge in [0.2, 0.25) is 0 Å². The summed E-state index contributed by atoms with van der Waals surface area (Å²) in [4.78, 5) is 16.0. The van der Waals surface area contributed by atoms with Crippen LogP contribution in [0.25, 0.3) is 0 Å². The van der Waals surface area contributed by atoms with Gasteiger partial charge in [0, 0.05) is 41.9 Å². The molecule has 1 aliphatic heterocycles. The number of fused-ring (bicyclic) bond motifs is 2. The second-order valence-electron chi connectivity index (χ2n) is 6.33. The molecule has 2 aromatic rings. The molecule has 1 fully saturated rings. The van der Waals surface area contributed by atoms with Gasteiger partial charge in [0.05, 0.1) is 11.7 Å². The second-order valence-corrected chi connectivity index (χ2v) is 7.90. The van der Waals surface area contributed by atoms with Gasteiger partial charge in [-0.15, -0.1) is 25.5 Å². The average molecular weight is 511 g/mol. The number of piperazine rings is 1. The molecule has 0 bridgehead atoms. The molecule has 1 saturated heterocycles. The molecule has 7 heteroatoms. The summed E-state index contributed by atoms with van der Waals surface area (Å²) in [5.74, 6) is 0. The minimum Gasteiger partial charge on any atom is -0.314 e. The van der Waals surface area contributed by atoms with Crippen LogP contribution in [0.1, 0.15) is 42.3 Å². The minimum absolute atomic E-state index is 0.231. The maximum atomic E-state index is 8.67. The maximum absolute atomic E-state index is 8.67. The van der Waals surface area contributed by atoms with Crippen molar-refractivity contribution in [1.29, 1.82) is 0 Å². The van der Waals surface area contributed by atoms with Crippen molar-refractivity contribution in [1.82, 2.24) is 15.2 Å². The van der Waals surface area contributed by atoms with Gasteiger partial charge in [-0.3, -0.25) is 14.7 Å². The molecule has 1 unspecified atom stereocenters. The van der Waals surface area contributed by atoms with Crippen molar-refractivity contribution in [3.63, 3.8) is 0 Å². The number of rotatable bonds is 1. The van der Waals surface area contributed by atoms with Crippen LogP contribution in [-0.2, 0) is 17.6 Å². The Hall–Kier alpha value is -1.36. The molecule has 4 nitrogen and oxygen atoms in total. The molecule has 2 aliphatic rings. The number of nitrogens with one attached hydrogen (secondary N) is 1. The molecular formula is C23H29BrClN3OS. The number of hydrogen-bond acceptors (Lipinski definition) is 4. The Balaban J connectivity index is 0.000000579. The Bertz CT molecular complexity index is 772. The van der Waals surface area contributed by atoms with Gasteiger partial charge in [0.15, 0.2) is 5.62 Å². The fourth-order valence-electron chi connectivity index (χ4n) is 3.72. The molecule has 2 heterocycles. The van der Waals surface area contributed by atoms with Crippen molar-refractivity contribution in [2.75, 3.05) is 26.2 Å². The summed E-state index contributed by atoms with van der Waals surface area (Å²) in [5.41, 5.74) is 5.71. The van der Waals surface area contributed by atoms with E-state index < -0.39 is 0 Å². The van der Waals surface area contributed by atoms with Crippen molar-refractivity contribution >= 4 is 45.8 Å². The van der Waals surface area contributed by atoms with Gasteiger partial charge < -0.3 is 5.32 Å². The summed E-state index contributed by atoms with van der Waals surface area (Å²) in [7, 11) is 0. The number of halogens is 2. The van der Waals surface area contributed by atoms with Gasteiger partial charge >= 0.3 is 0 Å². The van der Waals surface area contributed by atoms with Crippen molar-refractivity contribution in [2.45, 2.75) is 32.7 Å². The first-order chi connectivity index (χ1) is 14.6. The van der Waals surface area contributed by atoms with Crippen LogP contribution in [0, 0.1) is 12.8 Å². The van der Waals surface area contributed by atoms with Crippen LogP contribution in [0.3, 0.4) is 0 Å². The van der Waals surface area contributed by atoms with E-state index in [-0.39, 0.29) is 6.04 Å². The SMILES string of the molecule is C#C.CC.Clc1ccc2c(c1)CCc1cc(Br)cnc1C2N1CCNCC1.O=CS. The van der Waals surface area contributed by atoms with E-state index in [2.05, 4.69) is 69.8 Å². The minimum atomic E-state index is 0.231. The molecular weight excluding hydrogens is 482 g/mol. The summed E-state index contributed by atoms with van der Waals surface area (Å²) in [6.45, 7) is 8.16. The summed E-state index contributed by atoms with van der Waals surface area (Å²) in [6.07, 6.45) is 12.0. The molecule has 1 aromatic carbocycles. The summed E-state index contributed by atoms with van der Waals surface area (Å²) < 4.78 is 1.05. The van der Waals surface area contributed by atoms with Crippen LogP contribution in [0.4, 0.5) is 0 Å². The monoisotopic (exact) mass is 509 g/mol. The molecule has 1 N–H and O–H groups in total. The number of nitrogens with zero attached hydrogens (tertiary/aromatic N) is 2. The lowest BCUT2D eigenvalue weighted by Gasteiger charge is -2.35. The standard InChI is InChI=1S/C18H19BrClN3.C2H6.C2H2.CH2OS/c19-14-9-13-2-1-12-10-15(20)3-4-16(12)18(17(13)22-11-14)23-7-5-21-6-8-23;2*1-2;2-1-3/h3-4,9-11,18,21H,1-2,5-8H2;1-2H3;1-2H;1H,(H,2,3). The summed E-state index contributed by atoms with van der Waals surface area (Å²) >= 11 is 12.9. The van der Waals surface area contributed by atoms with Gasteiger partial charge in [0.25, 0.3) is 0 Å². The number of aromatic nitrogens is 1. The highest BCUT2D eigenvalue weighted by atomic mass is 79.9. The number of benzene rings is 1. The van der Waals surface area contributed by atoms with Crippen molar-refractivity contribution < 1.29 is 4.79 Å². The van der Waals surface area contributed by atoms with Gasteiger partial charge in [-0.25, -0.2) is 0 Å². The quantitative estimate of drug-likeness (QED) is 0.323. The van der Waals surface area contributed by atoms with Crippen molar-refractivity contribution in [2.24, 2.45) is 0 Å². The van der Waals surface area contributed by atoms with Gasteiger partial charge in [-0.1, -0.05) is 31.5 Å². The average Bonchev–Trinajstić information content (AvgIpc) is 2.94. The zero-order chi connectivity index (χ0) is 22.5. The first-order valence-corrected chi connectivity index (χ1v) is 11.6. The Morgan fingerprint density at radius 3 is 2.43 bits per heavy atom. The Labute approximate surface area is 199 Å². The van der Waals surface area contributed by atoms with Crippen LogP contribution in [0.5, 0.6) is 0 Å². The molecule has 4 rings (SSSR count). The van der Waals surface area contributed by atoms with E-state index in [0.717, 1.165) is 48.5 Å². The normalized spacial score (nSPS) is 17.1. The third kappa shape index (κ3) is 7.11. The molecule has 0 amide bonds. The number of carbonyl (C=O) groups is 1. The predicted octanol–water partition coefficient (Wildman–Crippen LogP) is 4.97. The molecule has 0 radical (unpaired) electrons. The maximum Gasteiger partial charge on any atom is 0.173 e. The van der Waals surface area contributed by atoms with Crippen LogP contribution >= 0.6 is 40.2 Å². The lowest BCUT2D eigenvalue weighted by atomic mass is 9.96. The number of aryl methyl sites for hydroxylation is 2. The molecule has 30 heavy (non-hydrogen) atoms. The van der Waals surface area contributed by atoms with Crippen molar-refractivity contribution in [3.05, 3.63) is 62.3 Å². The largest absolute Gasteiger partial charge is 0.314 e. The van der Waals surface area contributed by atoms with E-state index in [1.54, 1.807) is 0 Å². The van der Waals surface area contributed by atoms with Gasteiger partial charge in [0.1, 0.15) is 0 Å². The third-order valence-corrected chi connectivity index (χ3v) is 5.48. The highest BCUT2D eigenvalue weighted by Gasteiger charge is 2.30. The molecule has 0 spiro atoms. The molecule has 162 valence electrons. The lowest BCUT2D eigenvalue weighted by Crippen LogP contribution is -2.45. The third-order valence-electron chi connectivity index (χ3n) is 4.81. The van der Waals surface area contributed by atoms with E-state index in [1.165, 1.54) is 22.4 Å². The molecule has 1 atom stereocenters. The first kappa shape index (κ1) is 26.7. The Kier molecular flexibility index (Phi) is 13.0. The fourth-order valence-corrected chi connectivity index (χ4v) is 4.30. The van der Waals surface area contributed by atoms with E-state index in [1.807, 2.05) is 26.1 Å². The molecule has 1 aromatic heterocycles. The zero-order valence-electron chi connectivity index (χ0n) is 17.4. The van der Waals surface area contributed by atoms with Crippen LogP contribution < -0.4 is 5.32 Å². The zero-order valence-corrected chi connectivity index (χ0v) is 20.7. The summed E-state index contributed by atoms with van der Waals surface area (Å²) in [6, 6.07) is 8.80. The van der Waals surface area contributed by atoms with E-state index >= 15 is 0 Å². The fraction of sp³-hybridized carbons (Fsp3) is 0.391. The van der Waals surface area contributed by atoms with E-state index in [4.69, 9.17) is 21.4 Å². The van der Waals surface area contributed by atoms with Gasteiger partial charge in [-0.05, 0) is 63.7 Å². The number of thiol groups is 1. The summed E-state index contributed by atoms with van der Waals surface area (Å²) in [5, 5.41) is 4.27. The number of terminal acetylenes is 1. The number of carbonyl (C=O) groups excluding carboxylic acids is 1. The topological polar surface area (TPSA) is 45.2 Å². The molecule has 1 aliphatic carbocycles. The number of hydrogen-bond donors (Lipinski definition) is 2. The van der Waals surface area contributed by atoms with E-state index in [9.17, 15) is 0 Å². The van der Waals surface area contributed by atoms with Crippen LogP contribution in [0.15, 0.2) is 34.9 Å². The van der Waals surface area contributed by atoms with Crippen LogP contribution in [0.2, 0.25) is 5.02 Å².